The lowest BCUT2D eigenvalue weighted by molar-refractivity contribution is -0.117. The van der Waals surface area contributed by atoms with Crippen LogP contribution in [0.4, 0.5) is 5.69 Å². The zero-order valence-electron chi connectivity index (χ0n) is 18.3. The Bertz CT molecular complexity index is 728. The normalized spacial score (nSPS) is 17.0. The van der Waals surface area contributed by atoms with Crippen molar-refractivity contribution in [2.45, 2.75) is 76.7 Å². The predicted octanol–water partition coefficient (Wildman–Crippen LogP) is 5.31. The van der Waals surface area contributed by atoms with Gasteiger partial charge in [-0.1, -0.05) is 57.8 Å². The Kier molecular flexibility index (Phi) is 10.6. The minimum atomic E-state index is -0.324. The van der Waals surface area contributed by atoms with Gasteiger partial charge in [0, 0.05) is 18.3 Å². The van der Waals surface area contributed by atoms with Crippen LogP contribution in [0.15, 0.2) is 30.0 Å². The number of anilines is 1. The molecule has 0 aliphatic heterocycles. The molecule has 1 aliphatic rings. The Hall–Kier alpha value is -2.68. The molecular weight excluding hydrogens is 378 g/mol. The molecular formula is C24H35N3O3. The maximum atomic E-state index is 12.7. The quantitative estimate of drug-likeness (QED) is 0.487. The number of nitriles is 1. The van der Waals surface area contributed by atoms with Crippen molar-refractivity contribution in [3.63, 3.8) is 0 Å². The van der Waals surface area contributed by atoms with Crippen LogP contribution >= 0.6 is 0 Å². The van der Waals surface area contributed by atoms with Crippen LogP contribution < -0.4 is 20.1 Å². The van der Waals surface area contributed by atoms with E-state index in [1.54, 1.807) is 32.4 Å². The van der Waals surface area contributed by atoms with E-state index >= 15 is 0 Å². The SMILES string of the molecule is COc1ccc(N/C=C(/C#N)C(=O)NC2CCCCCCCCCCC2)c(OC)c1. The van der Waals surface area contributed by atoms with Gasteiger partial charge in [0.25, 0.3) is 5.91 Å². The molecule has 164 valence electrons. The fourth-order valence-corrected chi connectivity index (χ4v) is 3.79. The number of ether oxygens (including phenoxy) is 2. The lowest BCUT2D eigenvalue weighted by Gasteiger charge is -2.19. The fraction of sp³-hybridized carbons (Fsp3) is 0.583. The van der Waals surface area contributed by atoms with Gasteiger partial charge in [-0.05, 0) is 25.0 Å². The van der Waals surface area contributed by atoms with Gasteiger partial charge in [-0.2, -0.15) is 5.26 Å². The average Bonchev–Trinajstić information content (AvgIpc) is 2.76. The first-order valence-electron chi connectivity index (χ1n) is 11.1. The fourth-order valence-electron chi connectivity index (χ4n) is 3.79. The molecule has 1 fully saturated rings. The second-order valence-electron chi connectivity index (χ2n) is 7.81. The molecule has 0 unspecified atom stereocenters. The molecule has 1 aliphatic carbocycles. The van der Waals surface area contributed by atoms with E-state index in [0.717, 1.165) is 25.7 Å². The number of rotatable bonds is 6. The standard InChI is InChI=1S/C24H35N3O3/c1-29-21-14-15-22(23(16-21)30-2)26-18-19(17-25)24(28)27-20-12-10-8-6-4-3-5-7-9-11-13-20/h14-16,18,20,26H,3-13H2,1-2H3,(H,27,28)/b19-18-. The number of nitrogens with zero attached hydrogens (tertiary/aromatic N) is 1. The number of benzene rings is 1. The average molecular weight is 414 g/mol. The molecule has 1 aromatic rings. The first-order chi connectivity index (χ1) is 14.7. The number of nitrogens with one attached hydrogen (secondary N) is 2. The van der Waals surface area contributed by atoms with Gasteiger partial charge < -0.3 is 20.1 Å². The van der Waals surface area contributed by atoms with Crippen LogP contribution in [-0.2, 0) is 4.79 Å². The maximum Gasteiger partial charge on any atom is 0.263 e. The first kappa shape index (κ1) is 23.6. The lowest BCUT2D eigenvalue weighted by atomic mass is 9.98. The van der Waals surface area contributed by atoms with Crippen LogP contribution in [0.1, 0.15) is 70.6 Å². The monoisotopic (exact) mass is 413 g/mol. The molecule has 0 atom stereocenters. The highest BCUT2D eigenvalue weighted by molar-refractivity contribution is 5.97. The smallest absolute Gasteiger partial charge is 0.263 e. The first-order valence-corrected chi connectivity index (χ1v) is 11.1. The van der Waals surface area contributed by atoms with E-state index in [0.29, 0.717) is 17.2 Å². The summed E-state index contributed by atoms with van der Waals surface area (Å²) in [5, 5.41) is 15.6. The van der Waals surface area contributed by atoms with E-state index in [1.807, 2.05) is 6.07 Å². The topological polar surface area (TPSA) is 83.4 Å². The Morgan fingerprint density at radius 3 is 2.13 bits per heavy atom. The molecule has 6 heteroatoms. The molecule has 6 nitrogen and oxygen atoms in total. The zero-order valence-corrected chi connectivity index (χ0v) is 18.3. The molecule has 0 aromatic heterocycles. The van der Waals surface area contributed by atoms with Gasteiger partial charge in [0.15, 0.2) is 0 Å². The summed E-state index contributed by atoms with van der Waals surface area (Å²) in [5.74, 6) is 0.916. The van der Waals surface area contributed by atoms with E-state index in [4.69, 9.17) is 9.47 Å². The Morgan fingerprint density at radius 1 is 1.00 bits per heavy atom. The minimum absolute atomic E-state index is 0.0546. The second kappa shape index (κ2) is 13.5. The van der Waals surface area contributed by atoms with Crippen LogP contribution in [0.25, 0.3) is 0 Å². The van der Waals surface area contributed by atoms with Crippen LogP contribution in [0.3, 0.4) is 0 Å². The van der Waals surface area contributed by atoms with Crippen LogP contribution in [0.2, 0.25) is 0 Å². The Balaban J connectivity index is 1.99. The molecule has 30 heavy (non-hydrogen) atoms. The van der Waals surface area contributed by atoms with Gasteiger partial charge in [-0.15, -0.1) is 0 Å². The van der Waals surface area contributed by atoms with Crippen molar-refractivity contribution in [3.05, 3.63) is 30.0 Å². The number of amides is 1. The third kappa shape index (κ3) is 7.98. The summed E-state index contributed by atoms with van der Waals surface area (Å²) in [6.45, 7) is 0. The van der Waals surface area contributed by atoms with Crippen molar-refractivity contribution in [1.82, 2.24) is 5.32 Å². The van der Waals surface area contributed by atoms with Gasteiger partial charge in [0.1, 0.15) is 23.1 Å². The van der Waals surface area contributed by atoms with Crippen LogP contribution in [0.5, 0.6) is 11.5 Å². The molecule has 1 aromatic carbocycles. The predicted molar refractivity (Wildman–Crippen MR) is 120 cm³/mol. The molecule has 0 saturated heterocycles. The zero-order chi connectivity index (χ0) is 21.6. The van der Waals surface area contributed by atoms with Crippen molar-refractivity contribution in [3.8, 4) is 17.6 Å². The minimum Gasteiger partial charge on any atom is -0.497 e. The molecule has 0 heterocycles. The molecule has 1 saturated carbocycles. The maximum absolute atomic E-state index is 12.7. The number of methoxy groups -OCH3 is 2. The van der Waals surface area contributed by atoms with Crippen molar-refractivity contribution >= 4 is 11.6 Å². The Morgan fingerprint density at radius 2 is 1.60 bits per heavy atom. The van der Waals surface area contributed by atoms with Crippen LogP contribution in [0, 0.1) is 11.3 Å². The molecule has 2 N–H and O–H groups in total. The highest BCUT2D eigenvalue weighted by Gasteiger charge is 2.16. The largest absolute Gasteiger partial charge is 0.497 e. The molecule has 0 bridgehead atoms. The summed E-state index contributed by atoms with van der Waals surface area (Å²) in [6, 6.07) is 7.46. The number of hydrogen-bond donors (Lipinski definition) is 2. The Labute approximate surface area is 180 Å². The van der Waals surface area contributed by atoms with Crippen molar-refractivity contribution < 1.29 is 14.3 Å². The van der Waals surface area contributed by atoms with E-state index < -0.39 is 0 Å². The van der Waals surface area contributed by atoms with Gasteiger partial charge in [0.2, 0.25) is 0 Å². The van der Waals surface area contributed by atoms with Gasteiger partial charge in [-0.3, -0.25) is 4.79 Å². The second-order valence-corrected chi connectivity index (χ2v) is 7.81. The van der Waals surface area contributed by atoms with Gasteiger partial charge in [0.05, 0.1) is 19.9 Å². The summed E-state index contributed by atoms with van der Waals surface area (Å²) in [6.07, 6.45) is 14.6. The lowest BCUT2D eigenvalue weighted by Crippen LogP contribution is -2.35. The highest BCUT2D eigenvalue weighted by Crippen LogP contribution is 2.29. The summed E-state index contributed by atoms with van der Waals surface area (Å²) >= 11 is 0. The molecule has 0 spiro atoms. The molecule has 1 amide bonds. The third-order valence-electron chi connectivity index (χ3n) is 5.59. The highest BCUT2D eigenvalue weighted by atomic mass is 16.5. The van der Waals surface area contributed by atoms with Crippen molar-refractivity contribution in [2.75, 3.05) is 19.5 Å². The van der Waals surface area contributed by atoms with Crippen molar-refractivity contribution in [1.29, 1.82) is 5.26 Å². The third-order valence-corrected chi connectivity index (χ3v) is 5.59. The number of carbonyl (C=O) groups is 1. The van der Waals surface area contributed by atoms with E-state index in [2.05, 4.69) is 10.6 Å². The summed E-state index contributed by atoms with van der Waals surface area (Å²) in [5.41, 5.74) is 0.712. The number of carbonyl (C=O) groups excluding carboxylic acids is 1. The van der Waals surface area contributed by atoms with Gasteiger partial charge in [-0.25, -0.2) is 0 Å². The summed E-state index contributed by atoms with van der Waals surface area (Å²) in [7, 11) is 3.15. The van der Waals surface area contributed by atoms with E-state index in [1.165, 1.54) is 51.1 Å². The van der Waals surface area contributed by atoms with E-state index in [-0.39, 0.29) is 17.5 Å². The summed E-state index contributed by atoms with van der Waals surface area (Å²) < 4.78 is 10.5. The summed E-state index contributed by atoms with van der Waals surface area (Å²) in [4.78, 5) is 12.7. The van der Waals surface area contributed by atoms with Crippen molar-refractivity contribution in [2.24, 2.45) is 0 Å². The number of hydrogen-bond acceptors (Lipinski definition) is 5. The van der Waals surface area contributed by atoms with Gasteiger partial charge >= 0.3 is 0 Å². The van der Waals surface area contributed by atoms with E-state index in [9.17, 15) is 10.1 Å². The van der Waals surface area contributed by atoms with Crippen LogP contribution in [-0.4, -0.2) is 26.2 Å². The molecule has 2 rings (SSSR count). The molecule has 0 radical (unpaired) electrons.